The molecule has 1 aliphatic carbocycles. The van der Waals surface area contributed by atoms with Crippen LogP contribution in [-0.4, -0.2) is 49.8 Å². The summed E-state index contributed by atoms with van der Waals surface area (Å²) < 4.78 is 1.28. The van der Waals surface area contributed by atoms with Gasteiger partial charge in [-0.15, -0.1) is 0 Å². The fraction of sp³-hybridized carbons (Fsp3) is 0.667. The van der Waals surface area contributed by atoms with Crippen LogP contribution in [0, 0.1) is 22.0 Å². The molecule has 20 heavy (non-hydrogen) atoms. The van der Waals surface area contributed by atoms with E-state index in [1.54, 1.807) is 4.90 Å². The van der Waals surface area contributed by atoms with Gasteiger partial charge in [0, 0.05) is 19.0 Å². The lowest BCUT2D eigenvalue weighted by Gasteiger charge is -2.17. The molecule has 1 aromatic heterocycles. The molecule has 3 unspecified atom stereocenters. The number of carbonyl (C=O) groups excluding carboxylic acids is 1. The molecule has 8 heteroatoms. The minimum atomic E-state index is -0.586. The molecule has 2 aliphatic rings. The topological polar surface area (TPSA) is 102 Å². The van der Waals surface area contributed by atoms with Crippen molar-refractivity contribution < 1.29 is 14.8 Å². The standard InChI is InChI=1S/C12H16N4O4/c17-10-2-1-8-5-14(6-9(8)10)12(18)7-15-4-3-11(13-15)16(19)20/h3-4,8-10,17H,1-2,5-7H2. The minimum absolute atomic E-state index is 0.00335. The number of likely N-dealkylation sites (tertiary alicyclic amines) is 1. The maximum absolute atomic E-state index is 12.1. The molecule has 108 valence electrons. The quantitative estimate of drug-likeness (QED) is 0.621. The van der Waals surface area contributed by atoms with Gasteiger partial charge in [0.05, 0.1) is 23.5 Å². The van der Waals surface area contributed by atoms with E-state index in [9.17, 15) is 20.0 Å². The highest BCUT2D eigenvalue weighted by molar-refractivity contribution is 5.76. The number of fused-ring (bicyclic) bond motifs is 1. The van der Waals surface area contributed by atoms with Crippen molar-refractivity contribution >= 4 is 11.7 Å². The molecule has 1 amide bonds. The Bertz CT molecular complexity index is 543. The molecule has 0 aromatic carbocycles. The summed E-state index contributed by atoms with van der Waals surface area (Å²) >= 11 is 0. The van der Waals surface area contributed by atoms with Crippen LogP contribution in [0.4, 0.5) is 5.82 Å². The molecule has 0 bridgehead atoms. The maximum Gasteiger partial charge on any atom is 0.389 e. The van der Waals surface area contributed by atoms with E-state index in [1.165, 1.54) is 16.9 Å². The summed E-state index contributed by atoms with van der Waals surface area (Å²) in [6, 6.07) is 1.27. The van der Waals surface area contributed by atoms with E-state index in [-0.39, 0.29) is 30.3 Å². The third kappa shape index (κ3) is 2.26. The second-order valence-corrected chi connectivity index (χ2v) is 5.50. The van der Waals surface area contributed by atoms with Crippen LogP contribution < -0.4 is 0 Å². The number of hydrogen-bond acceptors (Lipinski definition) is 5. The van der Waals surface area contributed by atoms with Crippen LogP contribution in [0.3, 0.4) is 0 Å². The van der Waals surface area contributed by atoms with E-state index in [4.69, 9.17) is 0 Å². The van der Waals surface area contributed by atoms with Gasteiger partial charge in [0.2, 0.25) is 5.91 Å². The molecule has 1 aliphatic heterocycles. The van der Waals surface area contributed by atoms with Gasteiger partial charge in [-0.1, -0.05) is 0 Å². The molecule has 0 radical (unpaired) electrons. The Kier molecular flexibility index (Phi) is 3.17. The van der Waals surface area contributed by atoms with Gasteiger partial charge < -0.3 is 20.1 Å². The third-order valence-corrected chi connectivity index (χ3v) is 4.28. The van der Waals surface area contributed by atoms with Crippen LogP contribution in [0.1, 0.15) is 12.8 Å². The van der Waals surface area contributed by atoms with Crippen molar-refractivity contribution in [2.45, 2.75) is 25.5 Å². The van der Waals surface area contributed by atoms with E-state index < -0.39 is 4.92 Å². The Hall–Kier alpha value is -1.96. The number of carbonyl (C=O) groups is 1. The zero-order valence-electron chi connectivity index (χ0n) is 10.9. The first-order valence-corrected chi connectivity index (χ1v) is 6.68. The van der Waals surface area contributed by atoms with Crippen LogP contribution in [0.15, 0.2) is 12.3 Å². The molecule has 1 N–H and O–H groups in total. The molecule has 2 heterocycles. The first-order valence-electron chi connectivity index (χ1n) is 6.68. The molecule has 3 atom stereocenters. The Morgan fingerprint density at radius 2 is 2.30 bits per heavy atom. The van der Waals surface area contributed by atoms with Crippen LogP contribution in [-0.2, 0) is 11.3 Å². The van der Waals surface area contributed by atoms with Crippen LogP contribution in [0.25, 0.3) is 0 Å². The number of nitro groups is 1. The molecule has 3 rings (SSSR count). The van der Waals surface area contributed by atoms with E-state index in [1.807, 2.05) is 0 Å². The molecule has 8 nitrogen and oxygen atoms in total. The maximum atomic E-state index is 12.1. The fourth-order valence-electron chi connectivity index (χ4n) is 3.22. The molecular formula is C12H16N4O4. The summed E-state index contributed by atoms with van der Waals surface area (Å²) in [6.07, 6.45) is 2.91. The lowest BCUT2D eigenvalue weighted by Crippen LogP contribution is -2.33. The summed E-state index contributed by atoms with van der Waals surface area (Å²) in [5, 5.41) is 24.1. The van der Waals surface area contributed by atoms with Crippen molar-refractivity contribution in [1.82, 2.24) is 14.7 Å². The Labute approximate surface area is 115 Å². The predicted molar refractivity (Wildman–Crippen MR) is 67.7 cm³/mol. The predicted octanol–water partition coefficient (Wildman–Crippen LogP) is 0.0206. The Balaban J connectivity index is 1.61. The van der Waals surface area contributed by atoms with Gasteiger partial charge in [0.1, 0.15) is 6.54 Å². The zero-order valence-corrected chi connectivity index (χ0v) is 10.9. The van der Waals surface area contributed by atoms with Gasteiger partial charge in [-0.3, -0.25) is 4.79 Å². The first-order chi connectivity index (χ1) is 9.54. The van der Waals surface area contributed by atoms with Gasteiger partial charge in [-0.05, 0) is 23.7 Å². The lowest BCUT2D eigenvalue weighted by atomic mass is 10.00. The van der Waals surface area contributed by atoms with Gasteiger partial charge in [0.25, 0.3) is 0 Å². The van der Waals surface area contributed by atoms with Crippen molar-refractivity contribution in [3.05, 3.63) is 22.4 Å². The van der Waals surface area contributed by atoms with Crippen LogP contribution in [0.5, 0.6) is 0 Å². The van der Waals surface area contributed by atoms with E-state index in [0.717, 1.165) is 12.8 Å². The second kappa shape index (κ2) is 4.86. The highest BCUT2D eigenvalue weighted by Gasteiger charge is 2.43. The van der Waals surface area contributed by atoms with E-state index in [0.29, 0.717) is 19.0 Å². The number of nitrogens with zero attached hydrogens (tertiary/aromatic N) is 4. The molecular weight excluding hydrogens is 264 g/mol. The normalized spacial score (nSPS) is 28.6. The van der Waals surface area contributed by atoms with E-state index in [2.05, 4.69) is 5.10 Å². The van der Waals surface area contributed by atoms with Crippen molar-refractivity contribution in [2.75, 3.05) is 13.1 Å². The van der Waals surface area contributed by atoms with Gasteiger partial charge in [-0.25, -0.2) is 0 Å². The highest BCUT2D eigenvalue weighted by Crippen LogP contribution is 2.38. The molecule has 2 fully saturated rings. The van der Waals surface area contributed by atoms with Gasteiger partial charge in [-0.2, -0.15) is 4.68 Å². The summed E-state index contributed by atoms with van der Waals surface area (Å²) in [4.78, 5) is 23.8. The summed E-state index contributed by atoms with van der Waals surface area (Å²) in [5.41, 5.74) is 0. The van der Waals surface area contributed by atoms with Gasteiger partial charge in [0.15, 0.2) is 0 Å². The SMILES string of the molecule is O=C(Cn1ccc([N+](=O)[O-])n1)N1CC2CCC(O)C2C1. The zero-order chi connectivity index (χ0) is 14.3. The molecule has 1 saturated carbocycles. The van der Waals surface area contributed by atoms with E-state index >= 15 is 0 Å². The monoisotopic (exact) mass is 280 g/mol. The van der Waals surface area contributed by atoms with Crippen molar-refractivity contribution in [2.24, 2.45) is 11.8 Å². The van der Waals surface area contributed by atoms with Crippen LogP contribution in [0.2, 0.25) is 0 Å². The number of amides is 1. The number of aromatic nitrogens is 2. The third-order valence-electron chi connectivity index (χ3n) is 4.28. The first kappa shape index (κ1) is 13.0. The smallest absolute Gasteiger partial charge is 0.389 e. The second-order valence-electron chi connectivity index (χ2n) is 5.50. The van der Waals surface area contributed by atoms with Crippen molar-refractivity contribution in [3.8, 4) is 0 Å². The summed E-state index contributed by atoms with van der Waals surface area (Å²) in [6.45, 7) is 1.25. The average molecular weight is 280 g/mol. The summed E-state index contributed by atoms with van der Waals surface area (Å²) in [5.74, 6) is 0.211. The van der Waals surface area contributed by atoms with Crippen LogP contribution >= 0.6 is 0 Å². The number of aliphatic hydroxyl groups is 1. The highest BCUT2D eigenvalue weighted by atomic mass is 16.6. The molecule has 1 saturated heterocycles. The molecule has 0 spiro atoms. The van der Waals surface area contributed by atoms with Crippen molar-refractivity contribution in [1.29, 1.82) is 0 Å². The Morgan fingerprint density at radius 3 is 2.95 bits per heavy atom. The fourth-order valence-corrected chi connectivity index (χ4v) is 3.22. The average Bonchev–Trinajstić information content (AvgIpc) is 3.07. The van der Waals surface area contributed by atoms with Gasteiger partial charge >= 0.3 is 5.82 Å². The Morgan fingerprint density at radius 1 is 1.50 bits per heavy atom. The number of hydrogen-bond donors (Lipinski definition) is 1. The number of aliphatic hydroxyl groups excluding tert-OH is 1. The summed E-state index contributed by atoms with van der Waals surface area (Å²) in [7, 11) is 0. The minimum Gasteiger partial charge on any atom is -0.393 e. The lowest BCUT2D eigenvalue weighted by molar-refractivity contribution is -0.389. The number of rotatable bonds is 3. The molecule has 1 aromatic rings. The largest absolute Gasteiger partial charge is 0.393 e. The van der Waals surface area contributed by atoms with Crippen molar-refractivity contribution in [3.63, 3.8) is 0 Å².